The van der Waals surface area contributed by atoms with Crippen LogP contribution in [0.15, 0.2) is 24.3 Å². The number of benzene rings is 1. The van der Waals surface area contributed by atoms with Crippen LogP contribution in [-0.2, 0) is 5.41 Å². The predicted molar refractivity (Wildman–Crippen MR) is 88.0 cm³/mol. The minimum Gasteiger partial charge on any atom is -0.339 e. The molecule has 0 bridgehead atoms. The summed E-state index contributed by atoms with van der Waals surface area (Å²) in [7, 11) is 0. The van der Waals surface area contributed by atoms with Gasteiger partial charge < -0.3 is 10.7 Å². The van der Waals surface area contributed by atoms with E-state index in [9.17, 15) is 0 Å². The number of nitrogen functional groups attached to an aromatic ring is 1. The van der Waals surface area contributed by atoms with Crippen molar-refractivity contribution in [3.05, 3.63) is 40.7 Å². The Morgan fingerprint density at radius 2 is 1.76 bits per heavy atom. The van der Waals surface area contributed by atoms with Gasteiger partial charge in [-0.3, -0.25) is 0 Å². The fourth-order valence-electron chi connectivity index (χ4n) is 1.79. The zero-order valence-corrected chi connectivity index (χ0v) is 13.4. The van der Waals surface area contributed by atoms with Crippen LogP contribution in [-0.4, -0.2) is 9.97 Å². The van der Waals surface area contributed by atoms with Crippen LogP contribution in [0.2, 0.25) is 5.02 Å². The molecule has 6 heteroatoms. The van der Waals surface area contributed by atoms with Gasteiger partial charge in [-0.1, -0.05) is 38.4 Å². The van der Waals surface area contributed by atoms with Crippen LogP contribution in [0, 0.1) is 6.92 Å². The van der Waals surface area contributed by atoms with E-state index in [1.54, 1.807) is 6.07 Å². The molecule has 0 aliphatic rings. The van der Waals surface area contributed by atoms with E-state index in [2.05, 4.69) is 20.7 Å². The topological polar surface area (TPSA) is 75.9 Å². The maximum atomic E-state index is 6.20. The summed E-state index contributed by atoms with van der Waals surface area (Å²) < 4.78 is 0. The number of rotatable bonds is 3. The Labute approximate surface area is 129 Å². The van der Waals surface area contributed by atoms with Crippen LogP contribution < -0.4 is 16.6 Å². The van der Waals surface area contributed by atoms with E-state index in [4.69, 9.17) is 17.4 Å². The van der Waals surface area contributed by atoms with Crippen molar-refractivity contribution in [1.82, 2.24) is 9.97 Å². The van der Waals surface area contributed by atoms with Crippen molar-refractivity contribution in [2.24, 2.45) is 5.84 Å². The fraction of sp³-hybridized carbons (Fsp3) is 0.333. The first-order valence-corrected chi connectivity index (χ1v) is 7.07. The Kier molecular flexibility index (Phi) is 4.34. The maximum absolute atomic E-state index is 6.20. The van der Waals surface area contributed by atoms with Gasteiger partial charge in [-0.05, 0) is 24.6 Å². The molecule has 2 aromatic rings. The number of hydrogen-bond acceptors (Lipinski definition) is 5. The second kappa shape index (κ2) is 5.87. The van der Waals surface area contributed by atoms with E-state index in [-0.39, 0.29) is 5.41 Å². The molecule has 1 aromatic heterocycles. The second-order valence-corrected chi connectivity index (χ2v) is 6.37. The van der Waals surface area contributed by atoms with E-state index in [0.29, 0.717) is 22.5 Å². The molecule has 1 aromatic carbocycles. The molecule has 0 radical (unpaired) electrons. The van der Waals surface area contributed by atoms with Crippen molar-refractivity contribution in [2.75, 3.05) is 10.7 Å². The molecule has 0 amide bonds. The van der Waals surface area contributed by atoms with Crippen LogP contribution in [0.25, 0.3) is 0 Å². The van der Waals surface area contributed by atoms with E-state index >= 15 is 0 Å². The molecule has 2 rings (SSSR count). The van der Waals surface area contributed by atoms with E-state index in [1.165, 1.54) is 0 Å². The molecule has 0 atom stereocenters. The van der Waals surface area contributed by atoms with E-state index < -0.39 is 0 Å². The third kappa shape index (κ3) is 3.83. The zero-order chi connectivity index (χ0) is 15.6. The normalized spacial score (nSPS) is 11.3. The number of halogens is 1. The van der Waals surface area contributed by atoms with Crippen molar-refractivity contribution in [2.45, 2.75) is 33.1 Å². The SMILES string of the molecule is Cc1ccc(Cl)c(Nc2cc(NN)nc(C(C)(C)C)n2)c1. The number of nitrogens with two attached hydrogens (primary N) is 1. The summed E-state index contributed by atoms with van der Waals surface area (Å²) in [5.41, 5.74) is 4.31. The lowest BCUT2D eigenvalue weighted by molar-refractivity contribution is 0.547. The molecule has 0 aliphatic carbocycles. The average Bonchev–Trinajstić information content (AvgIpc) is 2.41. The Bertz CT molecular complexity index is 649. The zero-order valence-electron chi connectivity index (χ0n) is 12.7. The van der Waals surface area contributed by atoms with Crippen LogP contribution in [0.3, 0.4) is 0 Å². The summed E-state index contributed by atoms with van der Waals surface area (Å²) in [5, 5.41) is 3.86. The number of nitrogens with zero attached hydrogens (tertiary/aromatic N) is 2. The molecule has 5 nitrogen and oxygen atoms in total. The highest BCUT2D eigenvalue weighted by Crippen LogP contribution is 2.28. The highest BCUT2D eigenvalue weighted by Gasteiger charge is 2.19. The number of nitrogens with one attached hydrogen (secondary N) is 2. The van der Waals surface area contributed by atoms with Crippen molar-refractivity contribution < 1.29 is 0 Å². The first kappa shape index (κ1) is 15.5. The molecule has 0 saturated carbocycles. The van der Waals surface area contributed by atoms with Gasteiger partial charge in [-0.25, -0.2) is 15.8 Å². The van der Waals surface area contributed by atoms with E-state index in [1.807, 2.05) is 45.9 Å². The maximum Gasteiger partial charge on any atom is 0.145 e. The van der Waals surface area contributed by atoms with Gasteiger partial charge in [0, 0.05) is 11.5 Å². The van der Waals surface area contributed by atoms with E-state index in [0.717, 1.165) is 11.3 Å². The van der Waals surface area contributed by atoms with Crippen LogP contribution in [0.4, 0.5) is 17.3 Å². The summed E-state index contributed by atoms with van der Waals surface area (Å²) in [5.74, 6) is 7.39. The predicted octanol–water partition coefficient (Wildman–Crippen LogP) is 3.77. The van der Waals surface area contributed by atoms with Gasteiger partial charge in [0.2, 0.25) is 0 Å². The fourth-order valence-corrected chi connectivity index (χ4v) is 1.96. The van der Waals surface area contributed by atoms with Crippen molar-refractivity contribution in [3.8, 4) is 0 Å². The van der Waals surface area contributed by atoms with Gasteiger partial charge in [0.05, 0.1) is 10.7 Å². The van der Waals surface area contributed by atoms with Gasteiger partial charge in [0.1, 0.15) is 17.5 Å². The van der Waals surface area contributed by atoms with Crippen molar-refractivity contribution in [1.29, 1.82) is 0 Å². The largest absolute Gasteiger partial charge is 0.339 e. The molecule has 0 aliphatic heterocycles. The Hall–Kier alpha value is -1.85. The Morgan fingerprint density at radius 1 is 1.10 bits per heavy atom. The molecule has 0 fully saturated rings. The summed E-state index contributed by atoms with van der Waals surface area (Å²) in [6, 6.07) is 7.53. The quantitative estimate of drug-likeness (QED) is 0.594. The van der Waals surface area contributed by atoms with Gasteiger partial charge in [-0.15, -0.1) is 0 Å². The molecule has 0 spiro atoms. The highest BCUT2D eigenvalue weighted by atomic mass is 35.5. The third-order valence-corrected chi connectivity index (χ3v) is 3.26. The Balaban J connectivity index is 2.42. The van der Waals surface area contributed by atoms with Gasteiger partial charge in [0.15, 0.2) is 0 Å². The number of hydrogen-bond donors (Lipinski definition) is 3. The standard InChI is InChI=1S/C15H20ClN5/c1-9-5-6-10(16)11(7-9)18-12-8-13(21-17)20-14(19-12)15(2,3)4/h5-8H,17H2,1-4H3,(H2,18,19,20,21). The van der Waals surface area contributed by atoms with Crippen LogP contribution >= 0.6 is 11.6 Å². The lowest BCUT2D eigenvalue weighted by Gasteiger charge is -2.19. The summed E-state index contributed by atoms with van der Waals surface area (Å²) in [4.78, 5) is 8.93. The number of aromatic nitrogens is 2. The molecule has 0 saturated heterocycles. The summed E-state index contributed by atoms with van der Waals surface area (Å²) >= 11 is 6.20. The molecular formula is C15H20ClN5. The minimum atomic E-state index is -0.181. The van der Waals surface area contributed by atoms with Crippen molar-refractivity contribution >= 4 is 28.9 Å². The van der Waals surface area contributed by atoms with Gasteiger partial charge in [0.25, 0.3) is 0 Å². The number of hydrazine groups is 1. The first-order chi connectivity index (χ1) is 9.79. The van der Waals surface area contributed by atoms with Crippen LogP contribution in [0.5, 0.6) is 0 Å². The monoisotopic (exact) mass is 305 g/mol. The Morgan fingerprint density at radius 3 is 2.38 bits per heavy atom. The second-order valence-electron chi connectivity index (χ2n) is 5.96. The molecule has 4 N–H and O–H groups in total. The van der Waals surface area contributed by atoms with Gasteiger partial charge in [-0.2, -0.15) is 0 Å². The average molecular weight is 306 g/mol. The molecule has 1 heterocycles. The molecule has 21 heavy (non-hydrogen) atoms. The van der Waals surface area contributed by atoms with Crippen molar-refractivity contribution in [3.63, 3.8) is 0 Å². The number of aryl methyl sites for hydroxylation is 1. The molecular weight excluding hydrogens is 286 g/mol. The molecule has 112 valence electrons. The third-order valence-electron chi connectivity index (χ3n) is 2.93. The lowest BCUT2D eigenvalue weighted by Crippen LogP contribution is -2.19. The summed E-state index contributed by atoms with van der Waals surface area (Å²) in [6.45, 7) is 8.15. The van der Waals surface area contributed by atoms with Gasteiger partial charge >= 0.3 is 0 Å². The minimum absolute atomic E-state index is 0.181. The smallest absolute Gasteiger partial charge is 0.145 e. The highest BCUT2D eigenvalue weighted by molar-refractivity contribution is 6.33. The first-order valence-electron chi connectivity index (χ1n) is 6.69. The summed E-state index contributed by atoms with van der Waals surface area (Å²) in [6.07, 6.45) is 0. The van der Waals surface area contributed by atoms with Crippen LogP contribution in [0.1, 0.15) is 32.2 Å². The number of anilines is 3. The molecule has 0 unspecified atom stereocenters. The lowest BCUT2D eigenvalue weighted by atomic mass is 9.96.